The number of hydrogen-bond acceptors (Lipinski definition) is 2. The minimum absolute atomic E-state index is 0.153. The van der Waals surface area contributed by atoms with Crippen LogP contribution < -0.4 is 4.90 Å². The summed E-state index contributed by atoms with van der Waals surface area (Å²) in [6.45, 7) is 0.735. The van der Waals surface area contributed by atoms with Gasteiger partial charge in [-0.25, -0.2) is 0 Å². The molecule has 3 nitrogen and oxygen atoms in total. The van der Waals surface area contributed by atoms with Crippen molar-refractivity contribution >= 4 is 38.3 Å². The quantitative estimate of drug-likeness (QED) is 0.863. The number of phenols is 1. The number of rotatable bonds is 2. The average molecular weight is 320 g/mol. The fraction of sp³-hybridized carbons (Fsp3) is 0.267. The van der Waals surface area contributed by atoms with Crippen molar-refractivity contribution in [3.63, 3.8) is 0 Å². The van der Waals surface area contributed by atoms with E-state index in [4.69, 9.17) is 0 Å². The molecule has 1 aliphatic rings. The maximum Gasteiger partial charge on any atom is 0.227 e. The molecule has 2 aromatic rings. The van der Waals surface area contributed by atoms with E-state index in [1.807, 2.05) is 35.2 Å². The summed E-state index contributed by atoms with van der Waals surface area (Å²) in [5.41, 5.74) is 0.891. The smallest absolute Gasteiger partial charge is 0.227 e. The molecular weight excluding hydrogens is 306 g/mol. The number of amides is 1. The van der Waals surface area contributed by atoms with Gasteiger partial charge in [0.05, 0.1) is 5.69 Å². The monoisotopic (exact) mass is 319 g/mol. The number of aromatic hydroxyl groups is 1. The molecule has 0 saturated carbocycles. The van der Waals surface area contributed by atoms with E-state index < -0.39 is 0 Å². The number of alkyl halides is 1. The number of phenolic OH excluding ortho intramolecular Hbond substituents is 1. The normalized spacial score (nSPS) is 19.3. The predicted molar refractivity (Wildman–Crippen MR) is 79.9 cm³/mol. The first kappa shape index (κ1) is 12.5. The third kappa shape index (κ3) is 2.10. The topological polar surface area (TPSA) is 40.5 Å². The summed E-state index contributed by atoms with van der Waals surface area (Å²) in [6, 6.07) is 11.1. The van der Waals surface area contributed by atoms with E-state index in [1.54, 1.807) is 6.07 Å². The van der Waals surface area contributed by atoms with Crippen LogP contribution in [-0.4, -0.2) is 22.9 Å². The molecule has 1 heterocycles. The predicted octanol–water partition coefficient (Wildman–Crippen LogP) is 3.29. The second-order valence-electron chi connectivity index (χ2n) is 4.88. The molecule has 0 aliphatic carbocycles. The first-order chi connectivity index (χ1) is 9.20. The second-order valence-corrected chi connectivity index (χ2v) is 5.53. The summed E-state index contributed by atoms with van der Waals surface area (Å²) in [7, 11) is 0. The minimum atomic E-state index is 0.153. The Hall–Kier alpha value is -1.55. The van der Waals surface area contributed by atoms with Crippen LogP contribution in [0.3, 0.4) is 0 Å². The molecule has 0 aromatic heterocycles. The Labute approximate surface area is 120 Å². The van der Waals surface area contributed by atoms with Crippen LogP contribution in [-0.2, 0) is 4.79 Å². The van der Waals surface area contributed by atoms with Gasteiger partial charge in [-0.2, -0.15) is 0 Å². The summed E-state index contributed by atoms with van der Waals surface area (Å²) in [4.78, 5) is 13.9. The van der Waals surface area contributed by atoms with Crippen LogP contribution in [0, 0.1) is 5.92 Å². The number of benzene rings is 2. The van der Waals surface area contributed by atoms with Crippen LogP contribution in [0.4, 0.5) is 5.69 Å². The molecule has 3 rings (SSSR count). The van der Waals surface area contributed by atoms with E-state index in [0.29, 0.717) is 12.3 Å². The molecule has 98 valence electrons. The Bertz CT molecular complexity index is 641. The Kier molecular flexibility index (Phi) is 3.19. The molecule has 1 unspecified atom stereocenters. The van der Waals surface area contributed by atoms with Crippen LogP contribution in [0.25, 0.3) is 10.8 Å². The summed E-state index contributed by atoms with van der Waals surface area (Å²) < 4.78 is 0. The van der Waals surface area contributed by atoms with Crippen molar-refractivity contribution in [1.82, 2.24) is 0 Å². The highest BCUT2D eigenvalue weighted by Gasteiger charge is 2.30. The highest BCUT2D eigenvalue weighted by atomic mass is 79.9. The van der Waals surface area contributed by atoms with E-state index in [9.17, 15) is 9.90 Å². The third-order valence-electron chi connectivity index (χ3n) is 3.59. The number of fused-ring (bicyclic) bond motifs is 1. The van der Waals surface area contributed by atoms with E-state index in [0.717, 1.165) is 28.3 Å². The number of halogens is 1. The van der Waals surface area contributed by atoms with E-state index in [-0.39, 0.29) is 11.7 Å². The Morgan fingerprint density at radius 2 is 1.95 bits per heavy atom. The Morgan fingerprint density at radius 1 is 1.21 bits per heavy atom. The maximum atomic E-state index is 12.1. The molecular formula is C15H14BrNO2. The highest BCUT2D eigenvalue weighted by Crippen LogP contribution is 2.35. The first-order valence-corrected chi connectivity index (χ1v) is 7.40. The SMILES string of the molecule is O=C1CC(CBr)CN1c1cccc2c(O)cccc12. The van der Waals surface area contributed by atoms with Crippen LogP contribution in [0.5, 0.6) is 5.75 Å². The minimum Gasteiger partial charge on any atom is -0.507 e. The zero-order chi connectivity index (χ0) is 13.4. The lowest BCUT2D eigenvalue weighted by molar-refractivity contribution is -0.117. The van der Waals surface area contributed by atoms with Gasteiger partial charge in [-0.3, -0.25) is 4.79 Å². The average Bonchev–Trinajstić information content (AvgIpc) is 2.80. The lowest BCUT2D eigenvalue weighted by atomic mass is 10.1. The largest absolute Gasteiger partial charge is 0.507 e. The second kappa shape index (κ2) is 4.85. The fourth-order valence-corrected chi connectivity index (χ4v) is 3.06. The Morgan fingerprint density at radius 3 is 2.68 bits per heavy atom. The summed E-state index contributed by atoms with van der Waals surface area (Å²) in [5, 5.41) is 12.4. The standard InChI is InChI=1S/C15H14BrNO2/c16-8-10-7-15(19)17(9-10)13-5-1-4-12-11(13)3-2-6-14(12)18/h1-6,10,18H,7-9H2. The molecule has 1 N–H and O–H groups in total. The van der Waals surface area contributed by atoms with Gasteiger partial charge in [0.25, 0.3) is 0 Å². The van der Waals surface area contributed by atoms with Crippen molar-refractivity contribution in [3.8, 4) is 5.75 Å². The zero-order valence-electron chi connectivity index (χ0n) is 10.3. The van der Waals surface area contributed by atoms with Crippen molar-refractivity contribution in [2.45, 2.75) is 6.42 Å². The van der Waals surface area contributed by atoms with Gasteiger partial charge in [0.15, 0.2) is 0 Å². The highest BCUT2D eigenvalue weighted by molar-refractivity contribution is 9.09. The number of carbonyl (C=O) groups is 1. The maximum absolute atomic E-state index is 12.1. The van der Waals surface area contributed by atoms with Gasteiger partial charge in [-0.15, -0.1) is 0 Å². The van der Waals surface area contributed by atoms with Gasteiger partial charge >= 0.3 is 0 Å². The van der Waals surface area contributed by atoms with Gasteiger partial charge in [-0.05, 0) is 18.1 Å². The molecule has 0 spiro atoms. The summed E-state index contributed by atoms with van der Waals surface area (Å²) in [6.07, 6.45) is 0.584. The molecule has 1 aliphatic heterocycles. The van der Waals surface area contributed by atoms with Crippen molar-refractivity contribution in [3.05, 3.63) is 36.4 Å². The first-order valence-electron chi connectivity index (χ1n) is 6.27. The van der Waals surface area contributed by atoms with Crippen molar-refractivity contribution < 1.29 is 9.90 Å². The van der Waals surface area contributed by atoms with Crippen LogP contribution >= 0.6 is 15.9 Å². The molecule has 1 saturated heterocycles. The molecule has 2 aromatic carbocycles. The number of nitrogens with zero attached hydrogens (tertiary/aromatic N) is 1. The Balaban J connectivity index is 2.11. The van der Waals surface area contributed by atoms with Gasteiger partial charge < -0.3 is 10.0 Å². The number of carbonyl (C=O) groups excluding carboxylic acids is 1. The molecule has 1 amide bonds. The number of anilines is 1. The van der Waals surface area contributed by atoms with Gasteiger partial charge in [0, 0.05) is 29.1 Å². The fourth-order valence-electron chi connectivity index (χ4n) is 2.63. The van der Waals surface area contributed by atoms with Crippen LogP contribution in [0.2, 0.25) is 0 Å². The van der Waals surface area contributed by atoms with Gasteiger partial charge in [0.2, 0.25) is 5.91 Å². The lowest BCUT2D eigenvalue weighted by Crippen LogP contribution is -2.24. The molecule has 19 heavy (non-hydrogen) atoms. The summed E-state index contributed by atoms with van der Waals surface area (Å²) >= 11 is 3.45. The zero-order valence-corrected chi connectivity index (χ0v) is 11.9. The lowest BCUT2D eigenvalue weighted by Gasteiger charge is -2.19. The summed E-state index contributed by atoms with van der Waals surface area (Å²) in [5.74, 6) is 0.767. The van der Waals surface area contributed by atoms with Crippen molar-refractivity contribution in [2.24, 2.45) is 5.92 Å². The van der Waals surface area contributed by atoms with E-state index in [1.165, 1.54) is 0 Å². The van der Waals surface area contributed by atoms with Crippen molar-refractivity contribution in [1.29, 1.82) is 0 Å². The number of hydrogen-bond donors (Lipinski definition) is 1. The van der Waals surface area contributed by atoms with Gasteiger partial charge in [0.1, 0.15) is 5.75 Å². The molecule has 1 fully saturated rings. The molecule has 4 heteroatoms. The van der Waals surface area contributed by atoms with Crippen LogP contribution in [0.1, 0.15) is 6.42 Å². The van der Waals surface area contributed by atoms with Crippen LogP contribution in [0.15, 0.2) is 36.4 Å². The van der Waals surface area contributed by atoms with Gasteiger partial charge in [-0.1, -0.05) is 40.2 Å². The third-order valence-corrected chi connectivity index (χ3v) is 4.51. The van der Waals surface area contributed by atoms with E-state index >= 15 is 0 Å². The van der Waals surface area contributed by atoms with E-state index in [2.05, 4.69) is 15.9 Å². The molecule has 1 atom stereocenters. The van der Waals surface area contributed by atoms with Crippen molar-refractivity contribution in [2.75, 3.05) is 16.8 Å². The molecule has 0 radical (unpaired) electrons. The molecule has 0 bridgehead atoms.